The minimum absolute atomic E-state index is 0.0267. The van der Waals surface area contributed by atoms with Crippen LogP contribution in [0.3, 0.4) is 0 Å². The first-order valence-electron chi connectivity index (χ1n) is 12.9. The van der Waals surface area contributed by atoms with Gasteiger partial charge in [0.05, 0.1) is 12.5 Å². The van der Waals surface area contributed by atoms with Crippen LogP contribution in [0.5, 0.6) is 0 Å². The molecule has 3 heteroatoms. The molecule has 0 aliphatic rings. The van der Waals surface area contributed by atoms with Gasteiger partial charge in [0.15, 0.2) is 0 Å². The highest BCUT2D eigenvalue weighted by Gasteiger charge is 2.16. The van der Waals surface area contributed by atoms with Crippen LogP contribution < -0.4 is 0 Å². The van der Waals surface area contributed by atoms with Crippen LogP contribution in [0, 0.1) is 5.92 Å². The zero-order valence-electron chi connectivity index (χ0n) is 19.7. The van der Waals surface area contributed by atoms with Crippen molar-refractivity contribution in [3.8, 4) is 0 Å². The molecule has 172 valence electrons. The summed E-state index contributed by atoms with van der Waals surface area (Å²) >= 11 is 0. The molecule has 1 unspecified atom stereocenters. The summed E-state index contributed by atoms with van der Waals surface area (Å²) in [6, 6.07) is 0. The molecule has 0 spiro atoms. The van der Waals surface area contributed by atoms with E-state index in [1.54, 1.807) is 0 Å². The maximum absolute atomic E-state index is 12.0. The maximum Gasteiger partial charge on any atom is 0.308 e. The minimum Gasteiger partial charge on any atom is -0.465 e. The van der Waals surface area contributed by atoms with Crippen molar-refractivity contribution < 1.29 is 14.3 Å². The Hall–Kier alpha value is -0.860. The van der Waals surface area contributed by atoms with E-state index in [9.17, 15) is 9.59 Å². The first-order chi connectivity index (χ1) is 14.3. The van der Waals surface area contributed by atoms with Crippen molar-refractivity contribution in [1.29, 1.82) is 0 Å². The Bertz CT molecular complexity index is 354. The lowest BCUT2D eigenvalue weighted by Crippen LogP contribution is -2.17. The molecule has 0 saturated heterocycles. The molecule has 1 atom stereocenters. The third kappa shape index (κ3) is 20.2. The van der Waals surface area contributed by atoms with Crippen molar-refractivity contribution >= 4 is 12.3 Å². The van der Waals surface area contributed by atoms with E-state index < -0.39 is 0 Å². The summed E-state index contributed by atoms with van der Waals surface area (Å²) in [6.45, 7) is 4.86. The predicted octanol–water partition coefficient (Wildman–Crippen LogP) is 8.19. The van der Waals surface area contributed by atoms with Gasteiger partial charge in [0, 0.05) is 6.42 Å². The average Bonchev–Trinajstić information content (AvgIpc) is 2.73. The van der Waals surface area contributed by atoms with Gasteiger partial charge >= 0.3 is 5.97 Å². The van der Waals surface area contributed by atoms with Crippen LogP contribution >= 0.6 is 0 Å². The van der Waals surface area contributed by atoms with Gasteiger partial charge in [-0.05, 0) is 25.7 Å². The van der Waals surface area contributed by atoms with Crippen molar-refractivity contribution in [2.24, 2.45) is 5.92 Å². The van der Waals surface area contributed by atoms with Crippen LogP contribution in [-0.4, -0.2) is 18.9 Å². The molecule has 0 saturated carbocycles. The first-order valence-corrected chi connectivity index (χ1v) is 12.9. The second-order valence-corrected chi connectivity index (χ2v) is 8.67. The van der Waals surface area contributed by atoms with E-state index in [1.165, 1.54) is 83.5 Å². The number of rotatable bonds is 23. The summed E-state index contributed by atoms with van der Waals surface area (Å²) in [4.78, 5) is 22.2. The number of aldehydes is 1. The number of carbonyl (C=O) groups is 2. The summed E-state index contributed by atoms with van der Waals surface area (Å²) in [5, 5.41) is 0. The van der Waals surface area contributed by atoms with Crippen LogP contribution in [0.4, 0.5) is 0 Å². The fraction of sp³-hybridized carbons (Fsp3) is 0.923. The Morgan fingerprint density at radius 2 is 1.14 bits per heavy atom. The summed E-state index contributed by atoms with van der Waals surface area (Å²) in [6.07, 6.45) is 25.3. The van der Waals surface area contributed by atoms with Crippen LogP contribution in [0.1, 0.15) is 142 Å². The van der Waals surface area contributed by atoms with Gasteiger partial charge in [-0.25, -0.2) is 0 Å². The van der Waals surface area contributed by atoms with Crippen molar-refractivity contribution in [2.75, 3.05) is 6.61 Å². The molecule has 0 fully saturated rings. The van der Waals surface area contributed by atoms with Gasteiger partial charge < -0.3 is 9.53 Å². The molecule has 0 aromatic carbocycles. The van der Waals surface area contributed by atoms with Crippen molar-refractivity contribution in [3.63, 3.8) is 0 Å². The van der Waals surface area contributed by atoms with Gasteiger partial charge in [0.1, 0.15) is 6.29 Å². The van der Waals surface area contributed by atoms with Gasteiger partial charge in [-0.2, -0.15) is 0 Å². The maximum atomic E-state index is 12.0. The van der Waals surface area contributed by atoms with E-state index in [2.05, 4.69) is 13.8 Å². The number of ether oxygens (including phenoxy) is 1. The molecular weight excluding hydrogens is 360 g/mol. The van der Waals surface area contributed by atoms with Gasteiger partial charge in [-0.15, -0.1) is 0 Å². The summed E-state index contributed by atoms with van der Waals surface area (Å²) in [5.41, 5.74) is 0. The van der Waals surface area contributed by atoms with Gasteiger partial charge in [0.25, 0.3) is 0 Å². The average molecular weight is 411 g/mol. The Balaban J connectivity index is 3.23. The molecule has 0 radical (unpaired) electrons. The highest BCUT2D eigenvalue weighted by Crippen LogP contribution is 2.16. The summed E-state index contributed by atoms with van der Waals surface area (Å²) < 4.78 is 5.46. The standard InChI is InChI=1S/C26H50O3/c1-3-5-22-25(4-2)26(28)29-24-21-19-17-15-13-11-9-7-6-8-10-12-14-16-18-20-23-27/h23,25H,3-22,24H2,1-2H3. The number of esters is 1. The number of hydrogen-bond donors (Lipinski definition) is 0. The smallest absolute Gasteiger partial charge is 0.308 e. The Kier molecular flexibility index (Phi) is 22.7. The fourth-order valence-corrected chi connectivity index (χ4v) is 3.86. The molecule has 29 heavy (non-hydrogen) atoms. The lowest BCUT2D eigenvalue weighted by Gasteiger charge is -2.13. The van der Waals surface area contributed by atoms with E-state index in [1.807, 2.05) is 0 Å². The van der Waals surface area contributed by atoms with Crippen LogP contribution in [0.25, 0.3) is 0 Å². The van der Waals surface area contributed by atoms with Crippen molar-refractivity contribution in [1.82, 2.24) is 0 Å². The van der Waals surface area contributed by atoms with Crippen LogP contribution in [-0.2, 0) is 14.3 Å². The van der Waals surface area contributed by atoms with Crippen molar-refractivity contribution in [3.05, 3.63) is 0 Å². The second-order valence-electron chi connectivity index (χ2n) is 8.67. The zero-order valence-corrected chi connectivity index (χ0v) is 19.7. The van der Waals surface area contributed by atoms with Gasteiger partial charge in [-0.1, -0.05) is 110 Å². The van der Waals surface area contributed by atoms with Gasteiger partial charge in [-0.3, -0.25) is 4.79 Å². The van der Waals surface area contributed by atoms with Crippen molar-refractivity contribution in [2.45, 2.75) is 142 Å². The summed E-state index contributed by atoms with van der Waals surface area (Å²) in [5.74, 6) is 0.141. The lowest BCUT2D eigenvalue weighted by molar-refractivity contribution is -0.149. The normalized spacial score (nSPS) is 12.1. The molecule has 0 heterocycles. The van der Waals surface area contributed by atoms with Gasteiger partial charge in [0.2, 0.25) is 0 Å². The molecule has 0 amide bonds. The highest BCUT2D eigenvalue weighted by atomic mass is 16.5. The fourth-order valence-electron chi connectivity index (χ4n) is 3.86. The largest absolute Gasteiger partial charge is 0.465 e. The predicted molar refractivity (Wildman–Crippen MR) is 124 cm³/mol. The molecule has 0 bridgehead atoms. The van der Waals surface area contributed by atoms with E-state index in [0.717, 1.165) is 51.2 Å². The first kappa shape index (κ1) is 28.1. The van der Waals surface area contributed by atoms with Crippen LogP contribution in [0.2, 0.25) is 0 Å². The molecule has 0 aliphatic carbocycles. The SMILES string of the molecule is CCCCC(CC)C(=O)OCCCCCCCCCCCCCCCCCC=O. The lowest BCUT2D eigenvalue weighted by atomic mass is 10.00. The second kappa shape index (κ2) is 23.4. The van der Waals surface area contributed by atoms with Crippen LogP contribution in [0.15, 0.2) is 0 Å². The number of unbranched alkanes of at least 4 members (excludes halogenated alkanes) is 16. The number of carbonyl (C=O) groups excluding carboxylic acids is 2. The van der Waals surface area contributed by atoms with E-state index in [-0.39, 0.29) is 11.9 Å². The highest BCUT2D eigenvalue weighted by molar-refractivity contribution is 5.72. The zero-order chi connectivity index (χ0) is 21.4. The Labute approximate surface area is 181 Å². The van der Waals surface area contributed by atoms with E-state index >= 15 is 0 Å². The molecule has 0 aromatic rings. The Morgan fingerprint density at radius 1 is 0.690 bits per heavy atom. The monoisotopic (exact) mass is 410 g/mol. The third-order valence-corrected chi connectivity index (χ3v) is 5.94. The summed E-state index contributed by atoms with van der Waals surface area (Å²) in [7, 11) is 0. The topological polar surface area (TPSA) is 43.4 Å². The third-order valence-electron chi connectivity index (χ3n) is 5.94. The molecular formula is C26H50O3. The molecule has 0 N–H and O–H groups in total. The molecule has 0 aliphatic heterocycles. The molecule has 3 nitrogen and oxygen atoms in total. The number of hydrogen-bond acceptors (Lipinski definition) is 3. The Morgan fingerprint density at radius 3 is 1.55 bits per heavy atom. The molecule has 0 rings (SSSR count). The van der Waals surface area contributed by atoms with E-state index in [4.69, 9.17) is 4.74 Å². The minimum atomic E-state index is 0.0267. The quantitative estimate of drug-likeness (QED) is 0.0968. The van der Waals surface area contributed by atoms with E-state index in [0.29, 0.717) is 6.61 Å². The molecule has 0 aromatic heterocycles.